The second-order valence-corrected chi connectivity index (χ2v) is 10.8. The first-order valence-corrected chi connectivity index (χ1v) is 15.2. The summed E-state index contributed by atoms with van der Waals surface area (Å²) in [4.78, 5) is 32.4. The molecule has 14 nitrogen and oxygen atoms in total. The lowest BCUT2D eigenvalue weighted by Gasteiger charge is -2.12. The van der Waals surface area contributed by atoms with Crippen molar-refractivity contribution in [1.29, 1.82) is 0 Å². The van der Waals surface area contributed by atoms with E-state index in [1.54, 1.807) is 24.3 Å². The topological polar surface area (TPSA) is 170 Å². The lowest BCUT2D eigenvalue weighted by Crippen LogP contribution is -2.13. The summed E-state index contributed by atoms with van der Waals surface area (Å²) >= 11 is 6.31. The number of tetrazole rings is 1. The molecule has 2 aromatic heterocycles. The summed E-state index contributed by atoms with van der Waals surface area (Å²) in [7, 11) is 0. The van der Waals surface area contributed by atoms with Crippen LogP contribution in [0.15, 0.2) is 72.8 Å². The molecule has 0 amide bonds. The van der Waals surface area contributed by atoms with Crippen molar-refractivity contribution in [3.63, 3.8) is 0 Å². The quantitative estimate of drug-likeness (QED) is 0.0822. The smallest absolute Gasteiger partial charge is 0.429 e. The third-order valence-corrected chi connectivity index (χ3v) is 7.55. The molecule has 0 aliphatic carbocycles. The van der Waals surface area contributed by atoms with Gasteiger partial charge < -0.3 is 24.0 Å². The monoisotopic (exact) mass is 661 g/mol. The predicted molar refractivity (Wildman–Crippen MR) is 169 cm³/mol. The molecule has 0 aliphatic heterocycles. The van der Waals surface area contributed by atoms with Crippen LogP contribution in [0.25, 0.3) is 22.5 Å². The first-order chi connectivity index (χ1) is 22.8. The lowest BCUT2D eigenvalue weighted by atomic mass is 9.98. The van der Waals surface area contributed by atoms with Crippen LogP contribution in [0.3, 0.4) is 0 Å². The third-order valence-electron chi connectivity index (χ3n) is 7.25. The van der Waals surface area contributed by atoms with E-state index in [2.05, 4.69) is 32.2 Å². The number of unbranched alkanes of at least 4 members (excludes halogenated alkanes) is 1. The number of aliphatic hydroxyl groups is 1. The molecule has 0 aliphatic rings. The van der Waals surface area contributed by atoms with Crippen LogP contribution >= 0.6 is 11.6 Å². The predicted octanol–water partition coefficient (Wildman–Crippen LogP) is 5.76. The second-order valence-electron chi connectivity index (χ2n) is 10.5. The summed E-state index contributed by atoms with van der Waals surface area (Å²) in [5.41, 5.74) is 5.47. The maximum atomic E-state index is 12.1. The number of imidazole rings is 1. The molecule has 47 heavy (non-hydrogen) atoms. The molecule has 3 aromatic carbocycles. The highest BCUT2D eigenvalue weighted by Crippen LogP contribution is 2.30. The van der Waals surface area contributed by atoms with Gasteiger partial charge in [0, 0.05) is 18.5 Å². The van der Waals surface area contributed by atoms with Crippen LogP contribution in [0.1, 0.15) is 48.0 Å². The molecule has 5 aromatic rings. The number of hydrogen-bond acceptors (Lipinski definition) is 11. The minimum absolute atomic E-state index is 0.0594. The maximum Gasteiger partial charge on any atom is 0.510 e. The van der Waals surface area contributed by atoms with Crippen LogP contribution in [0.2, 0.25) is 5.15 Å². The molecule has 0 spiro atoms. The van der Waals surface area contributed by atoms with E-state index >= 15 is 0 Å². The molecule has 15 heteroatoms. The Morgan fingerprint density at radius 2 is 1.64 bits per heavy atom. The Bertz CT molecular complexity index is 1810. The Morgan fingerprint density at radius 1 is 0.957 bits per heavy atom. The second kappa shape index (κ2) is 15.8. The van der Waals surface area contributed by atoms with Crippen LogP contribution < -0.4 is 0 Å². The molecule has 0 saturated carbocycles. The van der Waals surface area contributed by atoms with Crippen LogP contribution in [0.4, 0.5) is 4.79 Å². The molecule has 0 radical (unpaired) electrons. The summed E-state index contributed by atoms with van der Waals surface area (Å²) < 4.78 is 12.2. The highest BCUT2D eigenvalue weighted by atomic mass is 35.5. The lowest BCUT2D eigenvalue weighted by molar-refractivity contribution is -0.763. The normalized spacial score (nSPS) is 11.0. The van der Waals surface area contributed by atoms with Crippen LogP contribution in [0, 0.1) is 10.1 Å². The first kappa shape index (κ1) is 33.0. The van der Waals surface area contributed by atoms with Crippen LogP contribution in [-0.2, 0) is 53.8 Å². The highest BCUT2D eigenvalue weighted by Gasteiger charge is 2.17. The summed E-state index contributed by atoms with van der Waals surface area (Å²) in [6.45, 7) is 1.92. The molecule has 2 heterocycles. The van der Waals surface area contributed by atoms with Gasteiger partial charge in [-0.05, 0) is 39.5 Å². The number of benzene rings is 3. The number of aryl methyl sites for hydroxylation is 1. The standard InChI is InChI=1S/C32H32ClN7O7/c1-2-3-8-29-34-30(33)28(18-41)38(29)17-22-13-15-25(16-14-22)26-6-4-5-7-27(26)31-35-37-39(36-31)21-46-32(42)45-19-23-9-11-24(12-10-23)20-47-40(43)44/h4-7,9-16,41H,2-3,8,17-21H2,1H3. The van der Waals surface area contributed by atoms with Crippen LogP contribution in [0.5, 0.6) is 0 Å². The number of carbonyl (C=O) groups excluding carboxylic acids is 1. The van der Waals surface area contributed by atoms with Gasteiger partial charge in [0.2, 0.25) is 12.6 Å². The fourth-order valence-electron chi connectivity index (χ4n) is 4.83. The van der Waals surface area contributed by atoms with Crippen molar-refractivity contribution in [3.05, 3.63) is 116 Å². The Kier molecular flexibility index (Phi) is 11.1. The van der Waals surface area contributed by atoms with Gasteiger partial charge in [-0.25, -0.2) is 9.78 Å². The Balaban J connectivity index is 1.19. The van der Waals surface area contributed by atoms with Gasteiger partial charge in [-0.15, -0.1) is 25.1 Å². The Hall–Kier alpha value is -5.34. The molecule has 1 N–H and O–H groups in total. The first-order valence-electron chi connectivity index (χ1n) is 14.8. The summed E-state index contributed by atoms with van der Waals surface area (Å²) in [6, 6.07) is 22.3. The van der Waals surface area contributed by atoms with E-state index in [1.807, 2.05) is 53.1 Å². The number of hydrogen-bond donors (Lipinski definition) is 1. The number of halogens is 1. The van der Waals surface area contributed by atoms with Gasteiger partial charge in [0.1, 0.15) is 19.0 Å². The average Bonchev–Trinajstić information content (AvgIpc) is 3.68. The summed E-state index contributed by atoms with van der Waals surface area (Å²) in [5, 5.41) is 32.2. The van der Waals surface area contributed by atoms with E-state index in [-0.39, 0.29) is 26.6 Å². The van der Waals surface area contributed by atoms with E-state index in [4.69, 9.17) is 21.1 Å². The van der Waals surface area contributed by atoms with Crippen LogP contribution in [-0.4, -0.2) is 46.1 Å². The van der Waals surface area contributed by atoms with Gasteiger partial charge >= 0.3 is 6.16 Å². The number of aliphatic hydroxyl groups excluding tert-OH is 1. The molecule has 244 valence electrons. The largest absolute Gasteiger partial charge is 0.510 e. The molecule has 0 saturated heterocycles. The van der Waals surface area contributed by atoms with Gasteiger partial charge in [0.25, 0.3) is 5.09 Å². The maximum absolute atomic E-state index is 12.1. The SMILES string of the molecule is CCCCc1nc(Cl)c(CO)n1Cc1ccc(-c2ccccc2-c2nnn(COC(=O)OCc3ccc(CO[N+](=O)[O-])cc3)n2)cc1. The van der Waals surface area contributed by atoms with Crippen molar-refractivity contribution in [2.24, 2.45) is 0 Å². The molecule has 5 rings (SSSR count). The number of nitrogens with zero attached hydrogens (tertiary/aromatic N) is 7. The molecular weight excluding hydrogens is 630 g/mol. The van der Waals surface area contributed by atoms with Gasteiger partial charge in [-0.3, -0.25) is 0 Å². The highest BCUT2D eigenvalue weighted by molar-refractivity contribution is 6.30. The number of rotatable bonds is 15. The zero-order chi connectivity index (χ0) is 33.2. The van der Waals surface area contributed by atoms with Crippen molar-refractivity contribution in [1.82, 2.24) is 29.8 Å². The molecular formula is C32H32ClN7O7. The molecule has 0 bridgehead atoms. The van der Waals surface area contributed by atoms with Crippen molar-refractivity contribution in [2.75, 3.05) is 0 Å². The van der Waals surface area contributed by atoms with Crippen molar-refractivity contribution < 1.29 is 29.3 Å². The zero-order valence-corrected chi connectivity index (χ0v) is 26.2. The van der Waals surface area contributed by atoms with E-state index in [9.17, 15) is 20.0 Å². The van der Waals surface area contributed by atoms with E-state index < -0.39 is 11.2 Å². The fraction of sp³-hybridized carbons (Fsp3) is 0.281. The third kappa shape index (κ3) is 8.68. The van der Waals surface area contributed by atoms with Crippen molar-refractivity contribution in [3.8, 4) is 22.5 Å². The minimum atomic E-state index is -0.924. The molecule has 0 fully saturated rings. The van der Waals surface area contributed by atoms with E-state index in [1.165, 1.54) is 0 Å². The molecule has 0 atom stereocenters. The Morgan fingerprint density at radius 3 is 2.32 bits per heavy atom. The van der Waals surface area contributed by atoms with Gasteiger partial charge in [-0.1, -0.05) is 97.7 Å². The number of carbonyl (C=O) groups is 1. The fourth-order valence-corrected chi connectivity index (χ4v) is 5.09. The van der Waals surface area contributed by atoms with E-state index in [0.29, 0.717) is 34.3 Å². The van der Waals surface area contributed by atoms with Gasteiger partial charge in [-0.2, -0.15) is 0 Å². The number of aromatic nitrogens is 6. The zero-order valence-electron chi connectivity index (χ0n) is 25.5. The Labute approximate surface area is 274 Å². The minimum Gasteiger partial charge on any atom is -0.429 e. The molecule has 0 unspecified atom stereocenters. The summed E-state index contributed by atoms with van der Waals surface area (Å²) in [6.07, 6.45) is 1.86. The average molecular weight is 662 g/mol. The van der Waals surface area contributed by atoms with Crippen molar-refractivity contribution >= 4 is 17.8 Å². The van der Waals surface area contributed by atoms with E-state index in [0.717, 1.165) is 52.1 Å². The van der Waals surface area contributed by atoms with Crippen molar-refractivity contribution in [2.45, 2.75) is 59.3 Å². The van der Waals surface area contributed by atoms with Gasteiger partial charge in [0.05, 0.1) is 12.3 Å². The van der Waals surface area contributed by atoms with Gasteiger partial charge in [0.15, 0.2) is 5.15 Å². The number of ether oxygens (including phenoxy) is 2. The summed E-state index contributed by atoms with van der Waals surface area (Å²) in [5.74, 6) is 1.21.